The fraction of sp³-hybridized carbons (Fsp3) is 0.0625. The third-order valence-electron chi connectivity index (χ3n) is 2.93. The van der Waals surface area contributed by atoms with Crippen LogP contribution in [0.5, 0.6) is 0 Å². The normalized spacial score (nSPS) is 10.9. The molecule has 0 aliphatic carbocycles. The molecule has 0 atom stereocenters. The van der Waals surface area contributed by atoms with Crippen molar-refractivity contribution in [2.75, 3.05) is 0 Å². The quantitative estimate of drug-likeness (QED) is 0.661. The van der Waals surface area contributed by atoms with Crippen LogP contribution in [-0.4, -0.2) is 6.29 Å². The number of carbonyl (C=O) groups excluding carboxylic acids is 1. The Balaban J connectivity index is 2.59. The molecule has 0 fully saturated rings. The number of hydrogen-bond donors (Lipinski definition) is 0. The SMILES string of the molecule is Cc1c(/C=C/[C]=O)cccc1-c1cc(Br)ccc1Br. The van der Waals surface area contributed by atoms with Gasteiger partial charge in [0, 0.05) is 8.95 Å². The lowest BCUT2D eigenvalue weighted by atomic mass is 9.96. The summed E-state index contributed by atoms with van der Waals surface area (Å²) in [5.41, 5.74) is 4.42. The average molecular weight is 379 g/mol. The molecular formula is C16H11Br2O. The molecule has 0 amide bonds. The van der Waals surface area contributed by atoms with E-state index in [9.17, 15) is 4.79 Å². The smallest absolute Gasteiger partial charge is 0.225 e. The summed E-state index contributed by atoms with van der Waals surface area (Å²) in [6.07, 6.45) is 4.94. The van der Waals surface area contributed by atoms with Crippen LogP contribution in [0, 0.1) is 6.92 Å². The summed E-state index contributed by atoms with van der Waals surface area (Å²) in [6.45, 7) is 2.05. The Labute approximate surface area is 129 Å². The molecule has 1 nitrogen and oxygen atoms in total. The van der Waals surface area contributed by atoms with Crippen molar-refractivity contribution in [3.05, 3.63) is 62.5 Å². The first-order chi connectivity index (χ1) is 9.13. The third kappa shape index (κ3) is 3.23. The average Bonchev–Trinajstić information content (AvgIpc) is 2.41. The van der Waals surface area contributed by atoms with E-state index in [-0.39, 0.29) is 0 Å². The standard InChI is InChI=1S/C16H11Br2O/c1-11-12(5-3-9-19)4-2-6-14(11)15-10-13(17)7-8-16(15)18/h2-8,10H,1H3/b5-3+. The molecule has 1 radical (unpaired) electrons. The van der Waals surface area contributed by atoms with Crippen LogP contribution in [0.25, 0.3) is 17.2 Å². The molecule has 95 valence electrons. The molecule has 0 aliphatic rings. The Bertz CT molecular complexity index is 645. The van der Waals surface area contributed by atoms with E-state index >= 15 is 0 Å². The fourth-order valence-corrected chi connectivity index (χ4v) is 2.77. The van der Waals surface area contributed by atoms with Crippen molar-refractivity contribution in [2.24, 2.45) is 0 Å². The zero-order valence-corrected chi connectivity index (χ0v) is 13.5. The van der Waals surface area contributed by atoms with Gasteiger partial charge in [0.15, 0.2) is 0 Å². The Morgan fingerprint density at radius 3 is 2.63 bits per heavy atom. The molecule has 0 N–H and O–H groups in total. The van der Waals surface area contributed by atoms with Crippen molar-refractivity contribution in [2.45, 2.75) is 6.92 Å². The van der Waals surface area contributed by atoms with Gasteiger partial charge >= 0.3 is 0 Å². The van der Waals surface area contributed by atoms with Gasteiger partial charge in [0.1, 0.15) is 0 Å². The van der Waals surface area contributed by atoms with Crippen molar-refractivity contribution < 1.29 is 4.79 Å². The second-order valence-corrected chi connectivity index (χ2v) is 5.87. The van der Waals surface area contributed by atoms with Crippen LogP contribution in [-0.2, 0) is 4.79 Å². The van der Waals surface area contributed by atoms with Crippen molar-refractivity contribution in [3.63, 3.8) is 0 Å². The van der Waals surface area contributed by atoms with E-state index in [1.807, 2.05) is 31.2 Å². The molecule has 0 heterocycles. The van der Waals surface area contributed by atoms with E-state index in [0.29, 0.717) is 0 Å². The van der Waals surface area contributed by atoms with Crippen molar-refractivity contribution in [1.29, 1.82) is 0 Å². The van der Waals surface area contributed by atoms with Gasteiger partial charge in [-0.25, -0.2) is 0 Å². The van der Waals surface area contributed by atoms with Gasteiger partial charge in [-0.05, 0) is 53.5 Å². The van der Waals surface area contributed by atoms with Crippen LogP contribution in [0.3, 0.4) is 0 Å². The summed E-state index contributed by atoms with van der Waals surface area (Å²) >= 11 is 7.07. The number of halogens is 2. The van der Waals surface area contributed by atoms with Crippen LogP contribution in [0.1, 0.15) is 11.1 Å². The molecule has 2 aromatic rings. The second kappa shape index (κ2) is 6.31. The van der Waals surface area contributed by atoms with E-state index in [4.69, 9.17) is 0 Å². The summed E-state index contributed by atoms with van der Waals surface area (Å²) < 4.78 is 2.08. The van der Waals surface area contributed by atoms with Gasteiger partial charge in [-0.15, -0.1) is 0 Å². The molecule has 0 unspecified atom stereocenters. The number of allylic oxidation sites excluding steroid dienone is 1. The Hall–Kier alpha value is -1.19. The molecule has 0 saturated carbocycles. The molecule has 0 spiro atoms. The highest BCUT2D eigenvalue weighted by Crippen LogP contribution is 2.34. The summed E-state index contributed by atoms with van der Waals surface area (Å²) in [5, 5.41) is 0. The van der Waals surface area contributed by atoms with Crippen molar-refractivity contribution >= 4 is 44.2 Å². The third-order valence-corrected chi connectivity index (χ3v) is 4.11. The minimum atomic E-state index is 1.02. The number of hydrogen-bond acceptors (Lipinski definition) is 1. The maximum Gasteiger partial charge on any atom is 0.225 e. The van der Waals surface area contributed by atoms with Crippen LogP contribution >= 0.6 is 31.9 Å². The Kier molecular flexibility index (Phi) is 4.72. The van der Waals surface area contributed by atoms with Gasteiger partial charge in [-0.2, -0.15) is 0 Å². The van der Waals surface area contributed by atoms with Gasteiger partial charge in [-0.3, -0.25) is 4.79 Å². The van der Waals surface area contributed by atoms with E-state index in [0.717, 1.165) is 31.2 Å². The Morgan fingerprint density at radius 1 is 1.11 bits per heavy atom. The molecule has 0 bridgehead atoms. The van der Waals surface area contributed by atoms with Gasteiger partial charge < -0.3 is 0 Å². The summed E-state index contributed by atoms with van der Waals surface area (Å²) in [4.78, 5) is 10.3. The summed E-state index contributed by atoms with van der Waals surface area (Å²) in [5.74, 6) is 0. The van der Waals surface area contributed by atoms with Crippen LogP contribution in [0.2, 0.25) is 0 Å². The molecular weight excluding hydrogens is 368 g/mol. The van der Waals surface area contributed by atoms with Gasteiger partial charge in [0.2, 0.25) is 6.29 Å². The maximum atomic E-state index is 10.3. The molecule has 0 aliphatic heterocycles. The van der Waals surface area contributed by atoms with Crippen molar-refractivity contribution in [1.82, 2.24) is 0 Å². The minimum Gasteiger partial charge on any atom is -0.286 e. The highest BCUT2D eigenvalue weighted by molar-refractivity contribution is 9.11. The van der Waals surface area contributed by atoms with Gasteiger partial charge in [0.25, 0.3) is 0 Å². The topological polar surface area (TPSA) is 17.1 Å². The van der Waals surface area contributed by atoms with Crippen LogP contribution in [0.4, 0.5) is 0 Å². The number of rotatable bonds is 3. The second-order valence-electron chi connectivity index (χ2n) is 4.10. The van der Waals surface area contributed by atoms with E-state index in [1.165, 1.54) is 6.08 Å². The van der Waals surface area contributed by atoms with E-state index in [2.05, 4.69) is 44.0 Å². The molecule has 2 aromatic carbocycles. The number of benzene rings is 2. The first-order valence-electron chi connectivity index (χ1n) is 5.72. The van der Waals surface area contributed by atoms with Crippen LogP contribution < -0.4 is 0 Å². The zero-order chi connectivity index (χ0) is 13.8. The first kappa shape index (κ1) is 14.2. The van der Waals surface area contributed by atoms with E-state index < -0.39 is 0 Å². The molecule has 0 saturated heterocycles. The van der Waals surface area contributed by atoms with Crippen LogP contribution in [0.15, 0.2) is 51.4 Å². The molecule has 3 heteroatoms. The predicted molar refractivity (Wildman–Crippen MR) is 86.7 cm³/mol. The highest BCUT2D eigenvalue weighted by atomic mass is 79.9. The monoisotopic (exact) mass is 377 g/mol. The zero-order valence-electron chi connectivity index (χ0n) is 10.3. The summed E-state index contributed by atoms with van der Waals surface area (Å²) in [7, 11) is 0. The summed E-state index contributed by atoms with van der Waals surface area (Å²) in [6, 6.07) is 12.1. The van der Waals surface area contributed by atoms with Gasteiger partial charge in [0.05, 0.1) is 0 Å². The largest absolute Gasteiger partial charge is 0.286 e. The molecule has 2 rings (SSSR count). The van der Waals surface area contributed by atoms with Crippen molar-refractivity contribution in [3.8, 4) is 11.1 Å². The highest BCUT2D eigenvalue weighted by Gasteiger charge is 2.08. The van der Waals surface area contributed by atoms with E-state index in [1.54, 1.807) is 12.4 Å². The molecule has 19 heavy (non-hydrogen) atoms. The predicted octanol–water partition coefficient (Wildman–Crippen LogP) is 5.31. The maximum absolute atomic E-state index is 10.3. The first-order valence-corrected chi connectivity index (χ1v) is 7.31. The molecule has 0 aromatic heterocycles. The Morgan fingerprint density at radius 2 is 1.89 bits per heavy atom. The lowest BCUT2D eigenvalue weighted by Gasteiger charge is -2.11. The lowest BCUT2D eigenvalue weighted by Crippen LogP contribution is -1.88. The minimum absolute atomic E-state index is 1.02. The van der Waals surface area contributed by atoms with Gasteiger partial charge in [-0.1, -0.05) is 56.1 Å². The lowest BCUT2D eigenvalue weighted by molar-refractivity contribution is 0.564. The fourth-order valence-electron chi connectivity index (χ4n) is 1.95.